The SMILES string of the molecule is Cc1ccc(N2C(=O)C3CC=C4C(CC5(Cl)C(=O)N(CBr)C(=O)C5(Cl)C4c4cc(C)c(O)c(C)c4)C3C2=O)cc1Cl. The quantitative estimate of drug-likeness (QED) is 0.189. The Morgan fingerprint density at radius 3 is 2.22 bits per heavy atom. The third-order valence-corrected chi connectivity index (χ3v) is 11.6. The number of carbonyl (C=O) groups excluding carboxylic acids is 4. The number of halogens is 4. The average molecular weight is 681 g/mol. The summed E-state index contributed by atoms with van der Waals surface area (Å²) in [5, 5.41) is 10.9. The van der Waals surface area contributed by atoms with Crippen LogP contribution in [0.25, 0.3) is 0 Å². The summed E-state index contributed by atoms with van der Waals surface area (Å²) < 4.78 is 0. The second-order valence-corrected chi connectivity index (χ2v) is 13.6. The Kier molecular flexibility index (Phi) is 6.70. The van der Waals surface area contributed by atoms with E-state index in [0.29, 0.717) is 33.0 Å². The summed E-state index contributed by atoms with van der Waals surface area (Å²) in [6.45, 7) is 5.31. The maximum absolute atomic E-state index is 14.1. The van der Waals surface area contributed by atoms with Crippen LogP contribution in [0.3, 0.4) is 0 Å². The van der Waals surface area contributed by atoms with Crippen molar-refractivity contribution in [2.45, 2.75) is 49.3 Å². The first-order chi connectivity index (χ1) is 19.3. The predicted molar refractivity (Wildman–Crippen MR) is 160 cm³/mol. The van der Waals surface area contributed by atoms with Crippen LogP contribution in [0.1, 0.15) is 41.0 Å². The number of imide groups is 2. The number of phenols is 1. The summed E-state index contributed by atoms with van der Waals surface area (Å²) in [5.41, 5.74) is 3.54. The number of allylic oxidation sites excluding steroid dienone is 2. The molecule has 4 amide bonds. The Balaban J connectivity index is 1.53. The van der Waals surface area contributed by atoms with E-state index in [2.05, 4.69) is 15.9 Å². The molecule has 6 rings (SSSR count). The van der Waals surface area contributed by atoms with Crippen molar-refractivity contribution in [3.05, 3.63) is 69.3 Å². The van der Waals surface area contributed by atoms with Crippen molar-refractivity contribution >= 4 is 80.0 Å². The number of anilines is 1. The zero-order valence-corrected chi connectivity index (χ0v) is 26.2. The highest BCUT2D eigenvalue weighted by atomic mass is 79.9. The van der Waals surface area contributed by atoms with Crippen LogP contribution < -0.4 is 4.90 Å². The second kappa shape index (κ2) is 9.56. The predicted octanol–water partition coefficient (Wildman–Crippen LogP) is 5.89. The number of hydrogen-bond acceptors (Lipinski definition) is 5. The molecular formula is C30H26BrCl3N2O5. The van der Waals surface area contributed by atoms with Gasteiger partial charge in [-0.3, -0.25) is 24.1 Å². The molecule has 2 aliphatic heterocycles. The number of amides is 4. The van der Waals surface area contributed by atoms with Gasteiger partial charge in [-0.2, -0.15) is 0 Å². The first kappa shape index (κ1) is 28.7. The van der Waals surface area contributed by atoms with Gasteiger partial charge in [0, 0.05) is 10.9 Å². The fraction of sp³-hybridized carbons (Fsp3) is 0.400. The van der Waals surface area contributed by atoms with E-state index in [-0.39, 0.29) is 30.0 Å². The molecule has 4 aliphatic rings. The summed E-state index contributed by atoms with van der Waals surface area (Å²) >= 11 is 24.1. The standard InChI is InChI=1S/C30H26BrCl3N2O5/c1-13-4-5-17(10-21(13)32)36-25(38)19-7-6-18-20(22(19)26(36)39)11-29(33)27(40)35(12-31)28(41)30(29,34)23(18)16-8-14(2)24(37)15(3)9-16/h4-6,8-10,19-20,22-23,37H,7,11-12H2,1-3H3. The molecule has 41 heavy (non-hydrogen) atoms. The number of carbonyl (C=O) groups is 4. The van der Waals surface area contributed by atoms with Crippen LogP contribution in [0.4, 0.5) is 5.69 Å². The van der Waals surface area contributed by atoms with Crippen LogP contribution in [0.15, 0.2) is 42.0 Å². The van der Waals surface area contributed by atoms with Crippen LogP contribution in [0.5, 0.6) is 5.75 Å². The first-order valence-corrected chi connectivity index (χ1v) is 15.5. The molecular weight excluding hydrogens is 655 g/mol. The zero-order chi connectivity index (χ0) is 29.8. The summed E-state index contributed by atoms with van der Waals surface area (Å²) in [6.07, 6.45) is 2.06. The Morgan fingerprint density at radius 2 is 1.61 bits per heavy atom. The average Bonchev–Trinajstić information content (AvgIpc) is 3.26. The van der Waals surface area contributed by atoms with Crippen LogP contribution in [0, 0.1) is 38.5 Å². The molecule has 6 unspecified atom stereocenters. The number of alkyl halides is 3. The van der Waals surface area contributed by atoms with E-state index >= 15 is 0 Å². The maximum atomic E-state index is 14.1. The molecule has 0 bridgehead atoms. The van der Waals surface area contributed by atoms with Gasteiger partial charge in [0.15, 0.2) is 9.75 Å². The molecule has 2 aliphatic carbocycles. The van der Waals surface area contributed by atoms with Crippen molar-refractivity contribution in [3.8, 4) is 5.75 Å². The fourth-order valence-electron chi connectivity index (χ4n) is 7.26. The molecule has 0 radical (unpaired) electrons. The lowest BCUT2D eigenvalue weighted by Crippen LogP contribution is -2.60. The second-order valence-electron chi connectivity index (χ2n) is 11.4. The summed E-state index contributed by atoms with van der Waals surface area (Å²) in [7, 11) is 0. The molecule has 2 heterocycles. The molecule has 2 aromatic rings. The number of fused-ring (bicyclic) bond motifs is 4. The van der Waals surface area contributed by atoms with Crippen LogP contribution >= 0.6 is 50.7 Å². The number of nitrogens with zero attached hydrogens (tertiary/aromatic N) is 2. The largest absolute Gasteiger partial charge is 0.507 e. The van der Waals surface area contributed by atoms with Gasteiger partial charge >= 0.3 is 0 Å². The molecule has 0 aromatic heterocycles. The van der Waals surface area contributed by atoms with E-state index in [4.69, 9.17) is 34.8 Å². The van der Waals surface area contributed by atoms with Crippen molar-refractivity contribution in [1.29, 1.82) is 0 Å². The van der Waals surface area contributed by atoms with Crippen molar-refractivity contribution in [2.24, 2.45) is 17.8 Å². The number of aryl methyl sites for hydroxylation is 3. The molecule has 6 atom stereocenters. The van der Waals surface area contributed by atoms with E-state index in [1.165, 1.54) is 4.90 Å². The highest BCUT2D eigenvalue weighted by Gasteiger charge is 2.76. The Labute approximate surface area is 260 Å². The maximum Gasteiger partial charge on any atom is 0.254 e. The van der Waals surface area contributed by atoms with Crippen LogP contribution in [0.2, 0.25) is 5.02 Å². The topological polar surface area (TPSA) is 95.0 Å². The number of hydrogen-bond donors (Lipinski definition) is 1. The molecule has 1 N–H and O–H groups in total. The van der Waals surface area contributed by atoms with Gasteiger partial charge in [0.1, 0.15) is 5.75 Å². The zero-order valence-electron chi connectivity index (χ0n) is 22.4. The highest BCUT2D eigenvalue weighted by molar-refractivity contribution is 9.09. The molecule has 7 nitrogen and oxygen atoms in total. The van der Waals surface area contributed by atoms with Crippen LogP contribution in [-0.4, -0.2) is 48.8 Å². The van der Waals surface area contributed by atoms with Crippen molar-refractivity contribution < 1.29 is 24.3 Å². The van der Waals surface area contributed by atoms with E-state index in [1.54, 1.807) is 44.2 Å². The Morgan fingerprint density at radius 1 is 0.951 bits per heavy atom. The molecule has 3 fully saturated rings. The lowest BCUT2D eigenvalue weighted by molar-refractivity contribution is -0.138. The van der Waals surface area contributed by atoms with Gasteiger partial charge in [0.2, 0.25) is 11.8 Å². The Bertz CT molecular complexity index is 1590. The number of aromatic hydroxyl groups is 1. The molecule has 214 valence electrons. The lowest BCUT2D eigenvalue weighted by atomic mass is 9.56. The third kappa shape index (κ3) is 3.69. The Hall–Kier alpha value is -2.39. The van der Waals surface area contributed by atoms with Gasteiger partial charge in [0.25, 0.3) is 11.8 Å². The van der Waals surface area contributed by atoms with Gasteiger partial charge in [-0.05, 0) is 73.9 Å². The van der Waals surface area contributed by atoms with Crippen molar-refractivity contribution in [1.82, 2.24) is 4.90 Å². The number of rotatable bonds is 3. The van der Waals surface area contributed by atoms with E-state index in [9.17, 15) is 24.3 Å². The molecule has 0 spiro atoms. The minimum atomic E-state index is -1.89. The van der Waals surface area contributed by atoms with Gasteiger partial charge in [-0.25, -0.2) is 4.90 Å². The fourth-order valence-corrected chi connectivity index (χ4v) is 8.86. The smallest absolute Gasteiger partial charge is 0.254 e. The van der Waals surface area contributed by atoms with E-state index < -0.39 is 51.1 Å². The van der Waals surface area contributed by atoms with Crippen LogP contribution in [-0.2, 0) is 19.2 Å². The monoisotopic (exact) mass is 678 g/mol. The minimum absolute atomic E-state index is 0.0901. The van der Waals surface area contributed by atoms with Gasteiger partial charge in [-0.1, -0.05) is 57.4 Å². The first-order valence-electron chi connectivity index (χ1n) is 13.2. The summed E-state index contributed by atoms with van der Waals surface area (Å²) in [6, 6.07) is 8.52. The summed E-state index contributed by atoms with van der Waals surface area (Å²) in [4.78, 5) is 53.9. The number of likely N-dealkylation sites (tertiary alicyclic amines) is 1. The highest BCUT2D eigenvalue weighted by Crippen LogP contribution is 2.65. The van der Waals surface area contributed by atoms with Gasteiger partial charge < -0.3 is 5.11 Å². The molecule has 2 saturated heterocycles. The number of phenolic OH excluding ortho intramolecular Hbond substituents is 1. The van der Waals surface area contributed by atoms with Crippen molar-refractivity contribution in [2.75, 3.05) is 10.4 Å². The summed E-state index contributed by atoms with van der Waals surface area (Å²) in [5.74, 6) is -4.89. The van der Waals surface area contributed by atoms with Gasteiger partial charge in [-0.15, -0.1) is 23.2 Å². The van der Waals surface area contributed by atoms with Gasteiger partial charge in [0.05, 0.1) is 23.0 Å². The normalized spacial score (nSPS) is 32.7. The van der Waals surface area contributed by atoms with Crippen molar-refractivity contribution in [3.63, 3.8) is 0 Å². The third-order valence-electron chi connectivity index (χ3n) is 9.28. The number of benzene rings is 2. The van der Waals surface area contributed by atoms with E-state index in [1.807, 2.05) is 13.0 Å². The van der Waals surface area contributed by atoms with E-state index in [0.717, 1.165) is 10.5 Å². The lowest BCUT2D eigenvalue weighted by Gasteiger charge is -2.51. The molecule has 2 aromatic carbocycles. The molecule has 11 heteroatoms. The molecule has 1 saturated carbocycles. The minimum Gasteiger partial charge on any atom is -0.507 e.